The van der Waals surface area contributed by atoms with Gasteiger partial charge >= 0.3 is 0 Å². The number of nitrogens with two attached hydrogens (primary N) is 1. The fraction of sp³-hybridized carbons (Fsp3) is 0.444. The van der Waals surface area contributed by atoms with Crippen LogP contribution in [0.3, 0.4) is 0 Å². The van der Waals surface area contributed by atoms with Crippen molar-refractivity contribution in [2.24, 2.45) is 0 Å². The van der Waals surface area contributed by atoms with E-state index in [9.17, 15) is 8.42 Å². The van der Waals surface area contributed by atoms with Crippen molar-refractivity contribution in [3.63, 3.8) is 0 Å². The highest BCUT2D eigenvalue weighted by atomic mass is 32.2. The van der Waals surface area contributed by atoms with Crippen LogP contribution in [0.4, 0.5) is 5.82 Å². The first-order valence-electron chi connectivity index (χ1n) is 8.96. The summed E-state index contributed by atoms with van der Waals surface area (Å²) in [5.74, 6) is 1.29. The smallest absolute Gasteiger partial charge is 0.246 e. The van der Waals surface area contributed by atoms with Gasteiger partial charge in [0, 0.05) is 31.1 Å². The number of anilines is 1. The van der Waals surface area contributed by atoms with Crippen LogP contribution < -0.4 is 5.73 Å². The topological polar surface area (TPSA) is 117 Å². The molecule has 0 bridgehead atoms. The maximum Gasteiger partial charge on any atom is 0.246 e. The van der Waals surface area contributed by atoms with Gasteiger partial charge in [-0.15, -0.1) is 0 Å². The summed E-state index contributed by atoms with van der Waals surface area (Å²) < 4.78 is 26.9. The zero-order chi connectivity index (χ0) is 19.6. The summed E-state index contributed by atoms with van der Waals surface area (Å²) in [6.07, 6.45) is 5.03. The van der Waals surface area contributed by atoms with Gasteiger partial charge in [-0.2, -0.15) is 0 Å². The molecule has 2 N–H and O–H groups in total. The fourth-order valence-electron chi connectivity index (χ4n) is 3.15. The Balaban J connectivity index is 1.91. The van der Waals surface area contributed by atoms with E-state index in [1.54, 1.807) is 6.07 Å². The first kappa shape index (κ1) is 19.2. The van der Waals surface area contributed by atoms with Crippen LogP contribution in [0.1, 0.15) is 36.8 Å². The second kappa shape index (κ2) is 7.59. The van der Waals surface area contributed by atoms with E-state index in [1.807, 2.05) is 13.8 Å². The molecule has 144 valence electrons. The van der Waals surface area contributed by atoms with Gasteiger partial charge in [-0.3, -0.25) is 0 Å². The number of hydrogen-bond donors (Lipinski definition) is 1. The number of aromatic nitrogens is 5. The number of rotatable bonds is 7. The fourth-order valence-corrected chi connectivity index (χ4v) is 4.29. The molecule has 27 heavy (non-hydrogen) atoms. The van der Waals surface area contributed by atoms with Gasteiger partial charge in [-0.1, -0.05) is 6.92 Å². The molecule has 3 aromatic heterocycles. The highest BCUT2D eigenvalue weighted by Gasteiger charge is 2.20. The maximum absolute atomic E-state index is 12.4. The molecule has 0 aliphatic rings. The van der Waals surface area contributed by atoms with Crippen molar-refractivity contribution < 1.29 is 8.42 Å². The lowest BCUT2D eigenvalue weighted by Gasteiger charge is -2.11. The minimum absolute atomic E-state index is 0.0269. The molecule has 0 atom stereocenters. The normalized spacial score (nSPS) is 12.0. The first-order valence-corrected chi connectivity index (χ1v) is 10.6. The zero-order valence-electron chi connectivity index (χ0n) is 15.8. The third kappa shape index (κ3) is 3.78. The molecule has 3 aromatic rings. The second-order valence-corrected chi connectivity index (χ2v) is 8.54. The summed E-state index contributed by atoms with van der Waals surface area (Å²) in [6.45, 7) is 6.52. The maximum atomic E-state index is 12.4. The van der Waals surface area contributed by atoms with Gasteiger partial charge in [-0.25, -0.2) is 28.4 Å². The Hall–Kier alpha value is -2.55. The average molecular weight is 388 g/mol. The number of aryl methyl sites for hydroxylation is 4. The van der Waals surface area contributed by atoms with Crippen LogP contribution in [-0.2, 0) is 22.8 Å². The van der Waals surface area contributed by atoms with Crippen LogP contribution in [0.25, 0.3) is 11.0 Å². The van der Waals surface area contributed by atoms with Crippen molar-refractivity contribution >= 4 is 26.7 Å². The van der Waals surface area contributed by atoms with E-state index in [1.165, 1.54) is 12.4 Å². The number of hydrogen-bond acceptors (Lipinski definition) is 7. The van der Waals surface area contributed by atoms with Crippen molar-refractivity contribution in [2.75, 3.05) is 11.5 Å². The van der Waals surface area contributed by atoms with Gasteiger partial charge in [0.1, 0.15) is 11.3 Å². The van der Waals surface area contributed by atoms with Gasteiger partial charge in [0.2, 0.25) is 15.0 Å². The molecule has 0 aliphatic heterocycles. The largest absolute Gasteiger partial charge is 0.382 e. The Labute approximate surface area is 158 Å². The van der Waals surface area contributed by atoms with E-state index < -0.39 is 9.84 Å². The summed E-state index contributed by atoms with van der Waals surface area (Å²) in [7, 11) is -3.51. The summed E-state index contributed by atoms with van der Waals surface area (Å²) in [6, 6.07) is 1.59. The van der Waals surface area contributed by atoms with Gasteiger partial charge < -0.3 is 10.3 Å². The predicted octanol–water partition coefficient (Wildman–Crippen LogP) is 2.24. The molecule has 0 fully saturated rings. The number of sulfone groups is 1. The van der Waals surface area contributed by atoms with E-state index >= 15 is 0 Å². The summed E-state index contributed by atoms with van der Waals surface area (Å²) in [5.41, 5.74) is 9.58. The second-order valence-electron chi connectivity index (χ2n) is 6.54. The van der Waals surface area contributed by atoms with Crippen molar-refractivity contribution in [1.82, 2.24) is 24.5 Å². The standard InChI is InChI=1S/C18H24N6O2S/c1-4-7-14-23-15-16(12(2)13(3)22-17(15)19)24(14)10-6-11-27(25,26)18-20-8-5-9-21-18/h5,8-9H,4,6-7,10-11H2,1-3H3,(H2,19,22). The molecular weight excluding hydrogens is 364 g/mol. The van der Waals surface area contributed by atoms with Crippen LogP contribution in [0.15, 0.2) is 23.6 Å². The Bertz CT molecular complexity index is 1060. The summed E-state index contributed by atoms with van der Waals surface area (Å²) in [4.78, 5) is 16.8. The molecule has 0 saturated carbocycles. The molecule has 3 heterocycles. The molecule has 0 radical (unpaired) electrons. The molecule has 0 unspecified atom stereocenters. The number of imidazole rings is 1. The molecule has 0 amide bonds. The van der Waals surface area contributed by atoms with Crippen molar-refractivity contribution in [3.05, 3.63) is 35.5 Å². The lowest BCUT2D eigenvalue weighted by molar-refractivity contribution is 0.575. The number of fused-ring (bicyclic) bond motifs is 1. The number of nitrogens with zero attached hydrogens (tertiary/aromatic N) is 5. The van der Waals surface area contributed by atoms with Crippen LogP contribution in [-0.4, -0.2) is 38.7 Å². The molecule has 0 aliphatic carbocycles. The Morgan fingerprint density at radius 3 is 2.52 bits per heavy atom. The Morgan fingerprint density at radius 2 is 1.85 bits per heavy atom. The molecular formula is C18H24N6O2S. The summed E-state index contributed by atoms with van der Waals surface area (Å²) in [5, 5.41) is -0.130. The Morgan fingerprint density at radius 1 is 1.15 bits per heavy atom. The van der Waals surface area contributed by atoms with Crippen LogP contribution in [0.5, 0.6) is 0 Å². The summed E-state index contributed by atoms with van der Waals surface area (Å²) >= 11 is 0. The molecule has 3 rings (SSSR count). The molecule has 0 spiro atoms. The van der Waals surface area contributed by atoms with Gasteiger partial charge in [0.25, 0.3) is 0 Å². The van der Waals surface area contributed by atoms with Gasteiger partial charge in [0.05, 0.1) is 11.3 Å². The van der Waals surface area contributed by atoms with E-state index in [0.29, 0.717) is 24.3 Å². The van der Waals surface area contributed by atoms with Crippen molar-refractivity contribution in [2.45, 2.75) is 51.7 Å². The van der Waals surface area contributed by atoms with Gasteiger partial charge in [-0.05, 0) is 38.3 Å². The quantitative estimate of drug-likeness (QED) is 0.617. The zero-order valence-corrected chi connectivity index (χ0v) is 16.6. The van der Waals surface area contributed by atoms with E-state index in [-0.39, 0.29) is 10.9 Å². The van der Waals surface area contributed by atoms with Crippen LogP contribution in [0, 0.1) is 13.8 Å². The minimum atomic E-state index is -3.51. The SMILES string of the molecule is CCCc1nc2c(N)nc(C)c(C)c2n1CCCS(=O)(=O)c1ncccn1. The van der Waals surface area contributed by atoms with Gasteiger partial charge in [0.15, 0.2) is 5.82 Å². The monoisotopic (exact) mass is 388 g/mol. The lowest BCUT2D eigenvalue weighted by atomic mass is 10.2. The predicted molar refractivity (Wildman–Crippen MR) is 104 cm³/mol. The third-order valence-corrected chi connectivity index (χ3v) is 6.16. The molecule has 0 aromatic carbocycles. The first-order chi connectivity index (χ1) is 12.8. The lowest BCUT2D eigenvalue weighted by Crippen LogP contribution is -2.14. The van der Waals surface area contributed by atoms with E-state index in [0.717, 1.165) is 35.4 Å². The minimum Gasteiger partial charge on any atom is -0.382 e. The Kier molecular flexibility index (Phi) is 5.41. The van der Waals surface area contributed by atoms with Crippen molar-refractivity contribution in [3.8, 4) is 0 Å². The number of nitrogen functional groups attached to an aromatic ring is 1. The molecule has 8 nitrogen and oxygen atoms in total. The van der Waals surface area contributed by atoms with Crippen LogP contribution >= 0.6 is 0 Å². The van der Waals surface area contributed by atoms with Crippen molar-refractivity contribution in [1.29, 1.82) is 0 Å². The third-order valence-electron chi connectivity index (χ3n) is 4.56. The van der Waals surface area contributed by atoms with E-state index in [2.05, 4.69) is 31.4 Å². The number of pyridine rings is 1. The highest BCUT2D eigenvalue weighted by molar-refractivity contribution is 7.91. The molecule has 0 saturated heterocycles. The highest BCUT2D eigenvalue weighted by Crippen LogP contribution is 2.27. The average Bonchev–Trinajstić information content (AvgIpc) is 3.00. The van der Waals surface area contributed by atoms with Crippen LogP contribution in [0.2, 0.25) is 0 Å². The van der Waals surface area contributed by atoms with E-state index in [4.69, 9.17) is 5.73 Å². The molecule has 9 heteroatoms.